The van der Waals surface area contributed by atoms with Crippen molar-refractivity contribution in [1.29, 1.82) is 0 Å². The number of nitrogens with zero attached hydrogens (tertiary/aromatic N) is 3. The van der Waals surface area contributed by atoms with Crippen LogP contribution in [0, 0.1) is 10.1 Å². The summed E-state index contributed by atoms with van der Waals surface area (Å²) in [7, 11) is 3.01. The van der Waals surface area contributed by atoms with E-state index in [0.717, 1.165) is 13.1 Å². The van der Waals surface area contributed by atoms with Crippen molar-refractivity contribution in [2.75, 3.05) is 51.9 Å². The number of likely N-dealkylation sites (N-methyl/N-ethyl adjacent to an activating group) is 1. The topological polar surface area (TPSA) is 85.2 Å². The number of nitro benzene ring substituents is 1. The first-order valence-corrected chi connectivity index (χ1v) is 6.92. The first-order chi connectivity index (χ1) is 10.5. The van der Waals surface area contributed by atoms with Crippen LogP contribution in [-0.4, -0.2) is 62.7 Å². The predicted octanol–water partition coefficient (Wildman–Crippen LogP) is 0.898. The maximum Gasteiger partial charge on any atom is 0.311 e. The second-order valence-corrected chi connectivity index (χ2v) is 4.95. The van der Waals surface area contributed by atoms with Crippen LogP contribution in [0.25, 0.3) is 0 Å². The molecule has 22 heavy (non-hydrogen) atoms. The third-order valence-corrected chi connectivity index (χ3v) is 3.58. The lowest BCUT2D eigenvalue weighted by Crippen LogP contribution is -2.43. The highest BCUT2D eigenvalue weighted by molar-refractivity contribution is 5.94. The van der Waals surface area contributed by atoms with Crippen molar-refractivity contribution in [2.45, 2.75) is 0 Å². The van der Waals surface area contributed by atoms with Crippen LogP contribution in [0.5, 0.6) is 5.75 Å². The van der Waals surface area contributed by atoms with Gasteiger partial charge in [0.1, 0.15) is 0 Å². The van der Waals surface area contributed by atoms with Crippen molar-refractivity contribution < 1.29 is 19.2 Å². The van der Waals surface area contributed by atoms with Crippen LogP contribution in [0.2, 0.25) is 0 Å². The Morgan fingerprint density at radius 2 is 2.14 bits per heavy atom. The highest BCUT2D eigenvalue weighted by atomic mass is 16.6. The molecule has 0 unspecified atom stereocenters. The molecule has 0 aromatic heterocycles. The molecule has 2 rings (SSSR count). The Morgan fingerprint density at radius 3 is 2.73 bits per heavy atom. The molecule has 8 nitrogen and oxygen atoms in total. The number of anilines is 1. The van der Waals surface area contributed by atoms with E-state index in [-0.39, 0.29) is 17.3 Å². The number of benzene rings is 1. The summed E-state index contributed by atoms with van der Waals surface area (Å²) < 4.78 is 10.3. The summed E-state index contributed by atoms with van der Waals surface area (Å²) in [5.74, 6) is 0.0475. The number of amides is 1. The monoisotopic (exact) mass is 309 g/mol. The first-order valence-electron chi connectivity index (χ1n) is 6.92. The molecule has 1 fully saturated rings. The molecular weight excluding hydrogens is 290 g/mol. The van der Waals surface area contributed by atoms with Crippen molar-refractivity contribution in [3.8, 4) is 5.75 Å². The fraction of sp³-hybridized carbons (Fsp3) is 0.500. The SMILES string of the molecule is COc1cc(N(C)C(=O)CN2CCOCC2)ccc1[N+](=O)[O-]. The number of ether oxygens (including phenoxy) is 2. The van der Waals surface area contributed by atoms with Crippen molar-refractivity contribution >= 4 is 17.3 Å². The standard InChI is InChI=1S/C14H19N3O5/c1-15(14(18)10-16-5-7-22-8-6-16)11-3-4-12(17(19)20)13(9-11)21-2/h3-4,9H,5-8,10H2,1-2H3. The number of nitro groups is 1. The van der Waals surface area contributed by atoms with Crippen LogP contribution < -0.4 is 9.64 Å². The summed E-state index contributed by atoms with van der Waals surface area (Å²) in [5.41, 5.74) is 0.431. The lowest BCUT2D eigenvalue weighted by Gasteiger charge is -2.28. The Balaban J connectivity index is 2.09. The number of morpholine rings is 1. The highest BCUT2D eigenvalue weighted by Gasteiger charge is 2.21. The summed E-state index contributed by atoms with van der Waals surface area (Å²) in [5, 5.41) is 10.9. The van der Waals surface area contributed by atoms with Crippen LogP contribution in [0.1, 0.15) is 0 Å². The number of carbonyl (C=O) groups is 1. The minimum absolute atomic E-state index is 0.0854. The van der Waals surface area contributed by atoms with Gasteiger partial charge >= 0.3 is 5.69 Å². The van der Waals surface area contributed by atoms with E-state index in [1.54, 1.807) is 7.05 Å². The summed E-state index contributed by atoms with van der Waals surface area (Å²) in [6.07, 6.45) is 0. The molecule has 1 heterocycles. The van der Waals surface area contributed by atoms with E-state index in [1.807, 2.05) is 4.90 Å². The third-order valence-electron chi connectivity index (χ3n) is 3.58. The number of hydrogen-bond acceptors (Lipinski definition) is 6. The summed E-state index contributed by atoms with van der Waals surface area (Å²) in [6, 6.07) is 4.37. The second-order valence-electron chi connectivity index (χ2n) is 4.95. The van der Waals surface area contributed by atoms with E-state index in [1.165, 1.54) is 30.2 Å². The predicted molar refractivity (Wildman–Crippen MR) is 80.3 cm³/mol. The molecule has 0 aliphatic carbocycles. The Kier molecular flexibility index (Phi) is 5.29. The molecule has 0 N–H and O–H groups in total. The minimum Gasteiger partial charge on any atom is -0.490 e. The molecule has 0 radical (unpaired) electrons. The Hall–Kier alpha value is -2.19. The molecule has 0 bridgehead atoms. The lowest BCUT2D eigenvalue weighted by atomic mass is 10.2. The van der Waals surface area contributed by atoms with Crippen molar-refractivity contribution in [3.05, 3.63) is 28.3 Å². The van der Waals surface area contributed by atoms with Gasteiger partial charge in [0.25, 0.3) is 0 Å². The smallest absolute Gasteiger partial charge is 0.311 e. The molecule has 1 aromatic carbocycles. The molecule has 0 saturated carbocycles. The molecule has 1 aliphatic heterocycles. The van der Waals surface area contributed by atoms with Gasteiger partial charge in [-0.2, -0.15) is 0 Å². The minimum atomic E-state index is -0.516. The van der Waals surface area contributed by atoms with Crippen LogP contribution in [-0.2, 0) is 9.53 Å². The van der Waals surface area contributed by atoms with Gasteiger partial charge in [0.15, 0.2) is 5.75 Å². The summed E-state index contributed by atoms with van der Waals surface area (Å²) >= 11 is 0. The van der Waals surface area contributed by atoms with Crippen LogP contribution >= 0.6 is 0 Å². The summed E-state index contributed by atoms with van der Waals surface area (Å²) in [4.78, 5) is 26.2. The third kappa shape index (κ3) is 3.71. The number of hydrogen-bond donors (Lipinski definition) is 0. The van der Waals surface area contributed by atoms with Crippen molar-refractivity contribution in [2.24, 2.45) is 0 Å². The number of carbonyl (C=O) groups excluding carboxylic acids is 1. The average molecular weight is 309 g/mol. The number of methoxy groups -OCH3 is 1. The largest absolute Gasteiger partial charge is 0.490 e. The van der Waals surface area contributed by atoms with Crippen LogP contribution in [0.15, 0.2) is 18.2 Å². The van der Waals surface area contributed by atoms with Crippen LogP contribution in [0.3, 0.4) is 0 Å². The quantitative estimate of drug-likeness (QED) is 0.593. The molecule has 1 amide bonds. The highest BCUT2D eigenvalue weighted by Crippen LogP contribution is 2.31. The summed E-state index contributed by atoms with van der Waals surface area (Å²) in [6.45, 7) is 3.00. The van der Waals surface area contributed by atoms with E-state index < -0.39 is 4.92 Å². The van der Waals surface area contributed by atoms with E-state index >= 15 is 0 Å². The maximum atomic E-state index is 12.3. The van der Waals surface area contributed by atoms with Gasteiger partial charge in [-0.25, -0.2) is 0 Å². The normalized spacial score (nSPS) is 15.4. The van der Waals surface area contributed by atoms with Crippen LogP contribution in [0.4, 0.5) is 11.4 Å². The Labute approximate surface area is 128 Å². The van der Waals surface area contributed by atoms with Gasteiger partial charge in [-0.1, -0.05) is 0 Å². The molecule has 1 saturated heterocycles. The maximum absolute atomic E-state index is 12.3. The van der Waals surface area contributed by atoms with Gasteiger partial charge < -0.3 is 14.4 Å². The van der Waals surface area contributed by atoms with Crippen molar-refractivity contribution in [1.82, 2.24) is 4.90 Å². The van der Waals surface area contributed by atoms with Gasteiger partial charge in [0, 0.05) is 38.0 Å². The Morgan fingerprint density at radius 1 is 1.45 bits per heavy atom. The molecule has 0 atom stereocenters. The van der Waals surface area contributed by atoms with Gasteiger partial charge in [-0.15, -0.1) is 0 Å². The van der Waals surface area contributed by atoms with Gasteiger partial charge in [0.2, 0.25) is 5.91 Å². The molecule has 120 valence electrons. The fourth-order valence-corrected chi connectivity index (χ4v) is 2.23. The molecule has 0 spiro atoms. The van der Waals surface area contributed by atoms with E-state index in [2.05, 4.69) is 0 Å². The van der Waals surface area contributed by atoms with Gasteiger partial charge in [-0.3, -0.25) is 19.8 Å². The molecule has 1 aliphatic rings. The first kappa shape index (κ1) is 16.2. The van der Waals surface area contributed by atoms with E-state index in [9.17, 15) is 14.9 Å². The van der Waals surface area contributed by atoms with E-state index in [0.29, 0.717) is 25.4 Å². The van der Waals surface area contributed by atoms with E-state index in [4.69, 9.17) is 9.47 Å². The number of rotatable bonds is 5. The average Bonchev–Trinajstić information content (AvgIpc) is 2.54. The van der Waals surface area contributed by atoms with Gasteiger partial charge in [0.05, 0.1) is 31.8 Å². The zero-order chi connectivity index (χ0) is 16.1. The Bertz CT molecular complexity index is 557. The van der Waals surface area contributed by atoms with Crippen molar-refractivity contribution in [3.63, 3.8) is 0 Å². The lowest BCUT2D eigenvalue weighted by molar-refractivity contribution is -0.385. The molecule has 1 aromatic rings. The zero-order valence-electron chi connectivity index (χ0n) is 12.7. The second kappa shape index (κ2) is 7.19. The molecular formula is C14H19N3O5. The fourth-order valence-electron chi connectivity index (χ4n) is 2.23. The van der Waals surface area contributed by atoms with Gasteiger partial charge in [-0.05, 0) is 6.07 Å². The molecule has 8 heteroatoms. The zero-order valence-corrected chi connectivity index (χ0v) is 12.7.